The second-order valence-electron chi connectivity index (χ2n) is 9.60. The molecule has 0 radical (unpaired) electrons. The van der Waals surface area contributed by atoms with E-state index in [4.69, 9.17) is 9.47 Å². The van der Waals surface area contributed by atoms with Crippen LogP contribution in [0.1, 0.15) is 62.3 Å². The molecule has 0 spiro atoms. The highest BCUT2D eigenvalue weighted by molar-refractivity contribution is 7.99. The number of aliphatic hydroxyl groups excluding tert-OH is 2. The highest BCUT2D eigenvalue weighted by atomic mass is 32.2. The van der Waals surface area contributed by atoms with Gasteiger partial charge in [0.05, 0.1) is 43.1 Å². The molecule has 2 N–H and O–H groups in total. The summed E-state index contributed by atoms with van der Waals surface area (Å²) in [5, 5.41) is 18.6. The van der Waals surface area contributed by atoms with Crippen LogP contribution in [0.3, 0.4) is 0 Å². The Balaban J connectivity index is 1.33. The summed E-state index contributed by atoms with van der Waals surface area (Å²) >= 11 is 1.65. The molecule has 198 valence electrons. The minimum Gasteiger partial charge on any atom is -0.396 e. The molecule has 0 saturated carbocycles. The van der Waals surface area contributed by atoms with Crippen molar-refractivity contribution in [3.63, 3.8) is 0 Å². The largest absolute Gasteiger partial charge is 0.396 e. The van der Waals surface area contributed by atoms with Crippen molar-refractivity contribution in [1.29, 1.82) is 0 Å². The molecule has 3 aromatic carbocycles. The van der Waals surface area contributed by atoms with E-state index in [1.165, 1.54) is 4.90 Å². The monoisotopic (exact) mass is 533 g/mol. The number of rotatable bonds is 9. The van der Waals surface area contributed by atoms with E-state index in [1.54, 1.807) is 36.0 Å². The molecule has 2 amide bonds. The predicted octanol–water partition coefficient (Wildman–Crippen LogP) is 4.49. The van der Waals surface area contributed by atoms with Crippen LogP contribution in [0.2, 0.25) is 0 Å². The van der Waals surface area contributed by atoms with Crippen molar-refractivity contribution >= 4 is 23.6 Å². The van der Waals surface area contributed by atoms with Crippen LogP contribution in [-0.2, 0) is 22.6 Å². The number of fused-ring (bicyclic) bond motifs is 1. The maximum atomic E-state index is 12.7. The first kappa shape index (κ1) is 26.6. The Hall–Kier alpha value is -3.01. The van der Waals surface area contributed by atoms with Crippen molar-refractivity contribution < 1.29 is 29.3 Å². The summed E-state index contributed by atoms with van der Waals surface area (Å²) in [6.07, 6.45) is -0.896. The maximum absolute atomic E-state index is 12.7. The van der Waals surface area contributed by atoms with Gasteiger partial charge in [-0.05, 0) is 28.8 Å². The van der Waals surface area contributed by atoms with E-state index >= 15 is 0 Å². The summed E-state index contributed by atoms with van der Waals surface area (Å²) in [5.41, 5.74) is 4.41. The molecule has 0 aromatic heterocycles. The van der Waals surface area contributed by atoms with E-state index in [9.17, 15) is 19.8 Å². The average molecular weight is 534 g/mol. The van der Waals surface area contributed by atoms with Crippen molar-refractivity contribution in [3.05, 3.63) is 106 Å². The highest BCUT2D eigenvalue weighted by Crippen LogP contribution is 2.42. The fourth-order valence-corrected chi connectivity index (χ4v) is 5.83. The van der Waals surface area contributed by atoms with Gasteiger partial charge in [0.25, 0.3) is 11.8 Å². The average Bonchev–Trinajstić information content (AvgIpc) is 3.19. The first-order valence-electron chi connectivity index (χ1n) is 12.7. The zero-order valence-electron chi connectivity index (χ0n) is 21.2. The summed E-state index contributed by atoms with van der Waals surface area (Å²) in [7, 11) is 0. The van der Waals surface area contributed by atoms with E-state index in [-0.39, 0.29) is 49.7 Å². The Morgan fingerprint density at radius 1 is 0.816 bits per heavy atom. The summed E-state index contributed by atoms with van der Waals surface area (Å²) in [4.78, 5) is 26.8. The van der Waals surface area contributed by atoms with Crippen LogP contribution < -0.4 is 0 Å². The molecule has 0 unspecified atom stereocenters. The molecule has 2 aliphatic rings. The number of thioether (sulfide) groups is 1. The Morgan fingerprint density at radius 2 is 1.42 bits per heavy atom. The number of hydrogen-bond donors (Lipinski definition) is 2. The zero-order valence-corrected chi connectivity index (χ0v) is 22.0. The second kappa shape index (κ2) is 11.8. The molecule has 1 saturated heterocycles. The van der Waals surface area contributed by atoms with Crippen molar-refractivity contribution in [2.75, 3.05) is 18.1 Å². The Kier molecular flexibility index (Phi) is 8.26. The Bertz CT molecular complexity index is 1240. The van der Waals surface area contributed by atoms with Crippen LogP contribution in [0.5, 0.6) is 0 Å². The van der Waals surface area contributed by atoms with Crippen LogP contribution in [0.25, 0.3) is 0 Å². The molecule has 0 aliphatic carbocycles. The second-order valence-corrected chi connectivity index (χ2v) is 10.8. The first-order valence-corrected chi connectivity index (χ1v) is 13.9. The van der Waals surface area contributed by atoms with Gasteiger partial charge in [-0.2, -0.15) is 11.8 Å². The third kappa shape index (κ3) is 5.41. The molecule has 4 atom stereocenters. The molecular weight excluding hydrogens is 502 g/mol. The summed E-state index contributed by atoms with van der Waals surface area (Å²) in [6.45, 7) is 2.40. The molecule has 0 bridgehead atoms. The number of amides is 2. The summed E-state index contributed by atoms with van der Waals surface area (Å²) in [5.74, 6) is 0.887. The van der Waals surface area contributed by atoms with Crippen molar-refractivity contribution in [2.45, 2.75) is 38.6 Å². The lowest BCUT2D eigenvalue weighted by Gasteiger charge is -2.41. The smallest absolute Gasteiger partial charge is 0.261 e. The predicted molar refractivity (Wildman–Crippen MR) is 144 cm³/mol. The van der Waals surface area contributed by atoms with Gasteiger partial charge in [0.1, 0.15) is 0 Å². The van der Waals surface area contributed by atoms with Gasteiger partial charge in [-0.3, -0.25) is 14.5 Å². The first-order chi connectivity index (χ1) is 18.5. The number of carbonyl (C=O) groups is 2. The van der Waals surface area contributed by atoms with Gasteiger partial charge in [-0.1, -0.05) is 67.6 Å². The molecule has 38 heavy (non-hydrogen) atoms. The van der Waals surface area contributed by atoms with Crippen LogP contribution in [0, 0.1) is 5.92 Å². The van der Waals surface area contributed by atoms with E-state index in [0.717, 1.165) is 28.0 Å². The zero-order chi connectivity index (χ0) is 26.6. The fourth-order valence-electron chi connectivity index (χ4n) is 4.92. The number of ether oxygens (including phenoxy) is 2. The fraction of sp³-hybridized carbons (Fsp3) is 0.333. The third-order valence-corrected chi connectivity index (χ3v) is 8.15. The topological polar surface area (TPSA) is 96.3 Å². The Morgan fingerprint density at radius 3 is 2.03 bits per heavy atom. The van der Waals surface area contributed by atoms with Crippen molar-refractivity contribution in [3.8, 4) is 0 Å². The summed E-state index contributed by atoms with van der Waals surface area (Å²) < 4.78 is 12.9. The quantitative estimate of drug-likeness (QED) is 0.309. The van der Waals surface area contributed by atoms with Crippen LogP contribution in [0.15, 0.2) is 72.8 Å². The third-order valence-electron chi connectivity index (χ3n) is 7.11. The van der Waals surface area contributed by atoms with Crippen molar-refractivity contribution in [1.82, 2.24) is 4.90 Å². The maximum Gasteiger partial charge on any atom is 0.261 e. The summed E-state index contributed by atoms with van der Waals surface area (Å²) in [6, 6.07) is 22.3. The van der Waals surface area contributed by atoms with E-state index in [0.29, 0.717) is 16.9 Å². The standard InChI is InChI=1S/C30H31NO6S/c1-19-26(18-38-15-14-32)36-30(37-27(19)22-10-8-21(17-33)9-11-22)23-12-6-20(7-13-23)16-31-28(34)24-4-2-3-5-25(24)29(31)35/h2-13,19,26-27,30,32-33H,14-18H2,1H3/t19-,26+,27+,30+/m0/s1. The molecular formula is C30H31NO6S. The molecule has 3 aromatic rings. The number of hydrogen-bond acceptors (Lipinski definition) is 7. The molecule has 7 nitrogen and oxygen atoms in total. The van der Waals surface area contributed by atoms with Gasteiger partial charge < -0.3 is 19.7 Å². The van der Waals surface area contributed by atoms with Gasteiger partial charge in [-0.25, -0.2) is 0 Å². The van der Waals surface area contributed by atoms with Crippen LogP contribution in [0.4, 0.5) is 0 Å². The minimum atomic E-state index is -0.596. The van der Waals surface area contributed by atoms with Gasteiger partial charge in [0.2, 0.25) is 0 Å². The van der Waals surface area contributed by atoms with Crippen LogP contribution in [-0.4, -0.2) is 51.1 Å². The number of carbonyl (C=O) groups excluding carboxylic acids is 2. The highest BCUT2D eigenvalue weighted by Gasteiger charge is 2.38. The lowest BCUT2D eigenvalue weighted by Crippen LogP contribution is -2.38. The van der Waals surface area contributed by atoms with Gasteiger partial charge in [-0.15, -0.1) is 0 Å². The number of nitrogens with zero attached hydrogens (tertiary/aromatic N) is 1. The molecule has 5 rings (SSSR count). The number of benzene rings is 3. The minimum absolute atomic E-state index is 0.0133. The number of imide groups is 1. The van der Waals surface area contributed by atoms with E-state index in [1.807, 2.05) is 48.5 Å². The van der Waals surface area contributed by atoms with Gasteiger partial charge in [0, 0.05) is 23.0 Å². The van der Waals surface area contributed by atoms with Crippen molar-refractivity contribution in [2.24, 2.45) is 5.92 Å². The number of aliphatic hydroxyl groups is 2. The normalized spacial score (nSPS) is 23.1. The van der Waals surface area contributed by atoms with Gasteiger partial charge >= 0.3 is 0 Å². The van der Waals surface area contributed by atoms with E-state index < -0.39 is 6.29 Å². The molecule has 2 heterocycles. The molecule has 2 aliphatic heterocycles. The molecule has 8 heteroatoms. The van der Waals surface area contributed by atoms with Gasteiger partial charge in [0.15, 0.2) is 6.29 Å². The van der Waals surface area contributed by atoms with E-state index in [2.05, 4.69) is 6.92 Å². The lowest BCUT2D eigenvalue weighted by molar-refractivity contribution is -0.268. The molecule has 1 fully saturated rings. The lowest BCUT2D eigenvalue weighted by atomic mass is 9.91. The van der Waals surface area contributed by atoms with Crippen LogP contribution >= 0.6 is 11.8 Å². The Labute approximate surface area is 226 Å². The SMILES string of the molecule is C[C@H]1[C@@H](CSCCO)O[C@@H](c2ccc(CN3C(=O)c4ccccc4C3=O)cc2)O[C@H]1c1ccc(CO)cc1.